The number of tetrazole rings is 2. The van der Waals surface area contributed by atoms with Crippen LogP contribution < -0.4 is 18.9 Å². The van der Waals surface area contributed by atoms with Crippen molar-refractivity contribution in [3.8, 4) is 0 Å². The molecular formula is C17H23LiN11O6-. The van der Waals surface area contributed by atoms with Crippen molar-refractivity contribution in [2.45, 2.75) is 26.9 Å². The van der Waals surface area contributed by atoms with Crippen molar-refractivity contribution >= 4 is 23.9 Å². The van der Waals surface area contributed by atoms with Gasteiger partial charge in [0, 0.05) is 5.82 Å². The smallest absolute Gasteiger partial charge is 0.870 e. The van der Waals surface area contributed by atoms with Gasteiger partial charge in [-0.25, -0.2) is 14.3 Å². The van der Waals surface area contributed by atoms with Crippen molar-refractivity contribution in [1.29, 1.82) is 0 Å². The molecule has 18 heteroatoms. The molecule has 3 heterocycles. The molecule has 35 heavy (non-hydrogen) atoms. The molecule has 2 aromatic heterocycles. The van der Waals surface area contributed by atoms with Crippen LogP contribution in [0.4, 0.5) is 0 Å². The molecule has 184 valence electrons. The normalized spacial score (nSPS) is 10.5. The van der Waals surface area contributed by atoms with Crippen LogP contribution in [-0.2, 0) is 32.2 Å². The summed E-state index contributed by atoms with van der Waals surface area (Å²) in [6.07, 6.45) is 4.78. The molecular weight excluding hydrogens is 461 g/mol. The number of hydrogen-bond donors (Lipinski definition) is 0. The molecule has 0 unspecified atom stereocenters. The fraction of sp³-hybridized carbons (Fsp3) is 0.412. The summed E-state index contributed by atoms with van der Waals surface area (Å²) in [5.41, 5.74) is 0.279. The molecule has 0 saturated carbocycles. The molecule has 0 radical (unpaired) electrons. The van der Waals surface area contributed by atoms with E-state index >= 15 is 0 Å². The van der Waals surface area contributed by atoms with E-state index in [1.165, 1.54) is 9.36 Å². The fourth-order valence-electron chi connectivity index (χ4n) is 1.85. The molecule has 0 amide bonds. The summed E-state index contributed by atoms with van der Waals surface area (Å²) in [7, 11) is 0. The number of nitrogens with zero attached hydrogens (tertiary/aromatic N) is 11. The number of carbonyl (C=O) groups excluding carboxylic acids is 3. The first-order chi connectivity index (χ1) is 16.0. The molecule has 0 fully saturated rings. The van der Waals surface area contributed by atoms with Crippen LogP contribution >= 0.6 is 0 Å². The SMILES string of the molecule is C=CCn1nnnc1C(=O)OCC.C=CCn1nnnc1[C-]=O.CCOC(=O)C1=NN=NC1.[Li+].[OH-]. The average molecular weight is 484 g/mol. The molecule has 1 aliphatic rings. The molecule has 17 nitrogen and oxygen atoms in total. The Morgan fingerprint density at radius 3 is 2.11 bits per heavy atom. The standard InChI is InChI=1S/C7H10N4O2.C5H5N4O.C5H7N3O2.Li.H2O/c1-3-5-11-6(8-9-10-11)7(12)13-4-2;1-2-3-9-5(4-10)6-7-8-9;1-2-10-5(9)4-3-6-8-7-4;;/h3H,1,4-5H2,2H3;2H,1,3H2;2-3H2,1H3;;1H2/q;-1;;+1;/p-1. The summed E-state index contributed by atoms with van der Waals surface area (Å²) in [5, 5.41) is 30.9. The number of aromatic nitrogens is 8. The van der Waals surface area contributed by atoms with Crippen LogP contribution in [-0.4, -0.2) is 89.6 Å². The number of esters is 2. The summed E-state index contributed by atoms with van der Waals surface area (Å²) < 4.78 is 12.0. The summed E-state index contributed by atoms with van der Waals surface area (Å²) in [6.45, 7) is 12.2. The maximum Gasteiger partial charge on any atom is 1.00 e. The van der Waals surface area contributed by atoms with Crippen molar-refractivity contribution in [3.63, 3.8) is 0 Å². The van der Waals surface area contributed by atoms with E-state index in [-0.39, 0.29) is 48.2 Å². The van der Waals surface area contributed by atoms with Gasteiger partial charge in [-0.1, -0.05) is 12.2 Å². The molecule has 0 atom stereocenters. The average Bonchev–Trinajstić information content (AvgIpc) is 3.57. The van der Waals surface area contributed by atoms with Crippen molar-refractivity contribution in [2.24, 2.45) is 15.4 Å². The molecule has 0 spiro atoms. The van der Waals surface area contributed by atoms with Crippen LogP contribution in [0.25, 0.3) is 0 Å². The van der Waals surface area contributed by atoms with Gasteiger partial charge in [-0.2, -0.15) is 11.4 Å². The van der Waals surface area contributed by atoms with Gasteiger partial charge in [-0.3, -0.25) is 4.68 Å². The zero-order valence-corrected chi connectivity index (χ0v) is 19.5. The second kappa shape index (κ2) is 19.5. The van der Waals surface area contributed by atoms with Crippen LogP contribution in [0.3, 0.4) is 0 Å². The Bertz CT molecular complexity index is 1000. The van der Waals surface area contributed by atoms with Crippen LogP contribution in [0.15, 0.2) is 40.7 Å². The molecule has 3 rings (SSSR count). The third-order valence-electron chi connectivity index (χ3n) is 3.18. The molecule has 2 aromatic rings. The quantitative estimate of drug-likeness (QED) is 0.147. The second-order valence-electron chi connectivity index (χ2n) is 5.43. The van der Waals surface area contributed by atoms with E-state index in [2.05, 4.69) is 64.4 Å². The minimum atomic E-state index is -0.519. The van der Waals surface area contributed by atoms with E-state index < -0.39 is 11.9 Å². The first kappa shape index (κ1) is 33.2. The molecule has 0 bridgehead atoms. The van der Waals surface area contributed by atoms with Gasteiger partial charge in [0.15, 0.2) is 5.71 Å². The molecule has 1 aliphatic heterocycles. The molecule has 1 N–H and O–H groups in total. The van der Waals surface area contributed by atoms with Crippen molar-refractivity contribution in [2.75, 3.05) is 19.8 Å². The Balaban J connectivity index is 0. The molecule has 0 aliphatic carbocycles. The molecule has 0 saturated heterocycles. The number of ether oxygens (including phenoxy) is 2. The largest absolute Gasteiger partial charge is 1.00 e. The Labute approximate surface area is 211 Å². The Morgan fingerprint density at radius 2 is 1.57 bits per heavy atom. The maximum absolute atomic E-state index is 11.2. The zero-order chi connectivity index (χ0) is 24.5. The number of hydrogen-bond acceptors (Lipinski definition) is 15. The van der Waals surface area contributed by atoms with E-state index in [0.29, 0.717) is 26.3 Å². The first-order valence-electron chi connectivity index (χ1n) is 9.42. The summed E-state index contributed by atoms with van der Waals surface area (Å²) in [5.74, 6) is -0.747. The van der Waals surface area contributed by atoms with Gasteiger partial charge in [0.25, 0.3) is 5.82 Å². The van der Waals surface area contributed by atoms with Gasteiger partial charge < -0.3 is 19.7 Å². The predicted molar refractivity (Wildman–Crippen MR) is 113 cm³/mol. The van der Waals surface area contributed by atoms with Crippen molar-refractivity contribution in [1.82, 2.24) is 40.4 Å². The second-order valence-corrected chi connectivity index (χ2v) is 5.43. The van der Waals surface area contributed by atoms with Crippen LogP contribution in [0, 0.1) is 0 Å². The summed E-state index contributed by atoms with van der Waals surface area (Å²) in [4.78, 5) is 32.0. The third kappa shape index (κ3) is 11.7. The van der Waals surface area contributed by atoms with Crippen molar-refractivity contribution in [3.05, 3.63) is 37.0 Å². The number of carbonyl (C=O) groups is 2. The Morgan fingerprint density at radius 1 is 1.00 bits per heavy atom. The van der Waals surface area contributed by atoms with E-state index in [1.54, 1.807) is 32.3 Å². The van der Waals surface area contributed by atoms with E-state index in [9.17, 15) is 14.4 Å². The zero-order valence-electron chi connectivity index (χ0n) is 19.5. The van der Waals surface area contributed by atoms with Gasteiger partial charge in [0.05, 0.1) is 26.3 Å². The van der Waals surface area contributed by atoms with Gasteiger partial charge >= 0.3 is 30.8 Å². The minimum absolute atomic E-state index is 0. The molecule has 0 aromatic carbocycles. The summed E-state index contributed by atoms with van der Waals surface area (Å²) in [6, 6.07) is 0. The number of allylic oxidation sites excluding steroid dienone is 2. The first-order valence-corrected chi connectivity index (χ1v) is 9.42. The van der Waals surface area contributed by atoms with Gasteiger partial charge in [0.1, 0.15) is 6.54 Å². The summed E-state index contributed by atoms with van der Waals surface area (Å²) >= 11 is 0. The topological polar surface area (TPSA) is 224 Å². The van der Waals surface area contributed by atoms with Gasteiger partial charge in [-0.15, -0.1) is 28.5 Å². The minimum Gasteiger partial charge on any atom is -0.870 e. The van der Waals surface area contributed by atoms with Gasteiger partial charge in [0.2, 0.25) is 0 Å². The Hall–Kier alpha value is -3.94. The van der Waals surface area contributed by atoms with E-state index in [0.717, 1.165) is 0 Å². The van der Waals surface area contributed by atoms with E-state index in [1.807, 2.05) is 0 Å². The number of rotatable bonds is 9. The predicted octanol–water partition coefficient (Wildman–Crippen LogP) is -3.45. The Kier molecular flexibility index (Phi) is 18.5. The monoisotopic (exact) mass is 484 g/mol. The fourth-order valence-corrected chi connectivity index (χ4v) is 1.85. The van der Waals surface area contributed by atoms with Crippen LogP contribution in [0.2, 0.25) is 0 Å². The van der Waals surface area contributed by atoms with Gasteiger partial charge in [-0.05, 0) is 39.9 Å². The van der Waals surface area contributed by atoms with Crippen LogP contribution in [0.1, 0.15) is 30.3 Å². The van der Waals surface area contributed by atoms with Crippen LogP contribution in [0.5, 0.6) is 0 Å². The van der Waals surface area contributed by atoms with Crippen molar-refractivity contribution < 1.29 is 48.2 Å². The maximum atomic E-state index is 11.2. The third-order valence-corrected chi connectivity index (χ3v) is 3.18. The van der Waals surface area contributed by atoms with E-state index in [4.69, 9.17) is 4.74 Å².